The molecule has 0 unspecified atom stereocenters. The number of para-hydroxylation sites is 1. The number of sulfonamides is 1. The van der Waals surface area contributed by atoms with Crippen LogP contribution in [0.3, 0.4) is 0 Å². The van der Waals surface area contributed by atoms with Crippen LogP contribution in [0.4, 0.5) is 5.69 Å². The van der Waals surface area contributed by atoms with Gasteiger partial charge >= 0.3 is 0 Å². The lowest BCUT2D eigenvalue weighted by atomic mass is 10.0. The molecule has 32 heavy (non-hydrogen) atoms. The molecule has 1 heterocycles. The first-order valence-corrected chi connectivity index (χ1v) is 12.2. The lowest BCUT2D eigenvalue weighted by Gasteiger charge is -2.36. The fourth-order valence-electron chi connectivity index (χ4n) is 3.94. The van der Waals surface area contributed by atoms with Gasteiger partial charge in [0.25, 0.3) is 0 Å². The molecule has 1 amide bonds. The fourth-order valence-corrected chi connectivity index (χ4v) is 5.38. The SMILES string of the molecule is C[C@H](C(=O)Nc1ccccc1-c1ccccc1)N1CCN(S(=O)(=O)c2ccccc2)CC1. The number of nitrogens with zero attached hydrogens (tertiary/aromatic N) is 2. The Kier molecular flexibility index (Phi) is 6.69. The molecule has 1 saturated heterocycles. The molecule has 0 saturated carbocycles. The van der Waals surface area contributed by atoms with Crippen LogP contribution in [-0.4, -0.2) is 55.8 Å². The standard InChI is InChI=1S/C25H27N3O3S/c1-20(25(29)26-24-15-9-8-14-23(24)21-10-4-2-5-11-21)27-16-18-28(19-17-27)32(30,31)22-12-6-3-7-13-22/h2-15,20H,16-19H2,1H3,(H,26,29)/t20-/m1/s1. The molecule has 0 aliphatic carbocycles. The molecule has 6 nitrogen and oxygen atoms in total. The van der Waals surface area contributed by atoms with Crippen LogP contribution in [-0.2, 0) is 14.8 Å². The molecule has 0 aromatic heterocycles. The second kappa shape index (κ2) is 9.65. The summed E-state index contributed by atoms with van der Waals surface area (Å²) < 4.78 is 27.2. The Morgan fingerprint density at radius 2 is 1.38 bits per heavy atom. The van der Waals surface area contributed by atoms with Gasteiger partial charge in [0.05, 0.1) is 10.9 Å². The molecule has 3 aromatic rings. The number of nitrogens with one attached hydrogen (secondary N) is 1. The summed E-state index contributed by atoms with van der Waals surface area (Å²) in [7, 11) is -3.51. The monoisotopic (exact) mass is 449 g/mol. The van der Waals surface area contributed by atoms with Crippen LogP contribution in [0.5, 0.6) is 0 Å². The van der Waals surface area contributed by atoms with E-state index in [9.17, 15) is 13.2 Å². The number of carbonyl (C=O) groups is 1. The maximum Gasteiger partial charge on any atom is 0.243 e. The van der Waals surface area contributed by atoms with E-state index in [1.54, 1.807) is 30.3 Å². The molecule has 166 valence electrons. The average Bonchev–Trinajstić information content (AvgIpc) is 2.85. The molecule has 1 fully saturated rings. The minimum absolute atomic E-state index is 0.104. The highest BCUT2D eigenvalue weighted by atomic mass is 32.2. The third kappa shape index (κ3) is 4.75. The van der Waals surface area contributed by atoms with Gasteiger partial charge in [-0.25, -0.2) is 8.42 Å². The molecule has 1 atom stereocenters. The maximum absolute atomic E-state index is 13.0. The van der Waals surface area contributed by atoms with Gasteiger partial charge in [-0.15, -0.1) is 0 Å². The van der Waals surface area contributed by atoms with E-state index in [1.165, 1.54) is 4.31 Å². The van der Waals surface area contributed by atoms with Gasteiger partial charge in [-0.2, -0.15) is 4.31 Å². The number of hydrogen-bond acceptors (Lipinski definition) is 4. The Bertz CT molecular complexity index is 1160. The van der Waals surface area contributed by atoms with Crippen molar-refractivity contribution in [2.45, 2.75) is 17.9 Å². The van der Waals surface area contributed by atoms with Crippen molar-refractivity contribution in [1.29, 1.82) is 0 Å². The van der Waals surface area contributed by atoms with Gasteiger partial charge in [-0.3, -0.25) is 9.69 Å². The third-order valence-corrected chi connectivity index (χ3v) is 7.76. The maximum atomic E-state index is 13.0. The quantitative estimate of drug-likeness (QED) is 0.623. The van der Waals surface area contributed by atoms with Gasteiger partial charge in [0.2, 0.25) is 15.9 Å². The Labute approximate surface area is 189 Å². The Morgan fingerprint density at radius 3 is 2.03 bits per heavy atom. The first-order chi connectivity index (χ1) is 15.5. The highest BCUT2D eigenvalue weighted by Crippen LogP contribution is 2.28. The Hall–Kier alpha value is -3.00. The van der Waals surface area contributed by atoms with E-state index >= 15 is 0 Å². The molecule has 0 radical (unpaired) electrons. The molecule has 1 aliphatic rings. The largest absolute Gasteiger partial charge is 0.324 e. The third-order valence-electron chi connectivity index (χ3n) is 5.85. The van der Waals surface area contributed by atoms with E-state index in [-0.39, 0.29) is 11.9 Å². The van der Waals surface area contributed by atoms with Crippen LogP contribution in [0.1, 0.15) is 6.92 Å². The summed E-state index contributed by atoms with van der Waals surface area (Å²) in [4.78, 5) is 15.3. The van der Waals surface area contributed by atoms with Crippen molar-refractivity contribution in [3.05, 3.63) is 84.9 Å². The molecule has 4 rings (SSSR count). The average molecular weight is 450 g/mol. The number of amides is 1. The topological polar surface area (TPSA) is 69.7 Å². The van der Waals surface area contributed by atoms with E-state index in [1.807, 2.05) is 66.4 Å². The summed E-state index contributed by atoms with van der Waals surface area (Å²) in [6, 6.07) is 25.8. The smallest absolute Gasteiger partial charge is 0.243 e. The summed E-state index contributed by atoms with van der Waals surface area (Å²) in [5, 5.41) is 3.06. The molecule has 3 aromatic carbocycles. The Morgan fingerprint density at radius 1 is 0.812 bits per heavy atom. The number of anilines is 1. The Balaban J connectivity index is 1.40. The van der Waals surface area contributed by atoms with Crippen molar-refractivity contribution in [3.8, 4) is 11.1 Å². The molecular formula is C25H27N3O3S. The predicted octanol–water partition coefficient (Wildman–Crippen LogP) is 3.69. The normalized spacial score (nSPS) is 16.4. The zero-order valence-corrected chi connectivity index (χ0v) is 18.8. The summed E-state index contributed by atoms with van der Waals surface area (Å²) in [6.07, 6.45) is 0. The van der Waals surface area contributed by atoms with Gasteiger partial charge in [0, 0.05) is 37.4 Å². The molecule has 0 spiro atoms. The van der Waals surface area contributed by atoms with Gasteiger partial charge in [-0.1, -0.05) is 66.7 Å². The second-order valence-electron chi connectivity index (χ2n) is 7.83. The van der Waals surface area contributed by atoms with Gasteiger partial charge in [0.1, 0.15) is 0 Å². The summed E-state index contributed by atoms with van der Waals surface area (Å²) in [6.45, 7) is 3.58. The minimum atomic E-state index is -3.51. The highest BCUT2D eigenvalue weighted by molar-refractivity contribution is 7.89. The van der Waals surface area contributed by atoms with E-state index in [4.69, 9.17) is 0 Å². The first kappa shape index (κ1) is 22.2. The summed E-state index contributed by atoms with van der Waals surface area (Å²) in [5.41, 5.74) is 2.77. The van der Waals surface area contributed by atoms with E-state index in [2.05, 4.69) is 5.32 Å². The second-order valence-corrected chi connectivity index (χ2v) is 9.77. The molecule has 0 bridgehead atoms. The first-order valence-electron chi connectivity index (χ1n) is 10.7. The van der Waals surface area contributed by atoms with E-state index in [0.29, 0.717) is 31.1 Å². The lowest BCUT2D eigenvalue weighted by molar-refractivity contribution is -0.121. The molecule has 7 heteroatoms. The van der Waals surface area contributed by atoms with Crippen molar-refractivity contribution in [3.63, 3.8) is 0 Å². The fraction of sp³-hybridized carbons (Fsp3) is 0.240. The number of hydrogen-bond donors (Lipinski definition) is 1. The van der Waals surface area contributed by atoms with Gasteiger partial charge in [0.15, 0.2) is 0 Å². The molecule has 1 aliphatic heterocycles. The number of benzene rings is 3. The van der Waals surface area contributed by atoms with Crippen molar-refractivity contribution in [2.24, 2.45) is 0 Å². The number of piperazine rings is 1. The lowest BCUT2D eigenvalue weighted by Crippen LogP contribution is -2.53. The van der Waals surface area contributed by atoms with Gasteiger partial charge < -0.3 is 5.32 Å². The van der Waals surface area contributed by atoms with Crippen molar-refractivity contribution in [2.75, 3.05) is 31.5 Å². The van der Waals surface area contributed by atoms with E-state index < -0.39 is 10.0 Å². The molecule has 1 N–H and O–H groups in total. The van der Waals surface area contributed by atoms with Crippen LogP contribution >= 0.6 is 0 Å². The molecular weight excluding hydrogens is 422 g/mol. The van der Waals surface area contributed by atoms with Crippen molar-refractivity contribution < 1.29 is 13.2 Å². The van der Waals surface area contributed by atoms with Crippen molar-refractivity contribution in [1.82, 2.24) is 9.21 Å². The number of carbonyl (C=O) groups excluding carboxylic acids is 1. The van der Waals surface area contributed by atoms with Crippen LogP contribution in [0.15, 0.2) is 89.8 Å². The highest BCUT2D eigenvalue weighted by Gasteiger charge is 2.31. The van der Waals surface area contributed by atoms with Crippen LogP contribution in [0.25, 0.3) is 11.1 Å². The summed E-state index contributed by atoms with van der Waals surface area (Å²) in [5.74, 6) is -0.104. The zero-order valence-electron chi connectivity index (χ0n) is 18.0. The van der Waals surface area contributed by atoms with Crippen LogP contribution in [0, 0.1) is 0 Å². The minimum Gasteiger partial charge on any atom is -0.324 e. The van der Waals surface area contributed by atoms with Gasteiger partial charge in [-0.05, 0) is 30.7 Å². The number of rotatable bonds is 6. The van der Waals surface area contributed by atoms with Crippen LogP contribution in [0.2, 0.25) is 0 Å². The zero-order chi connectivity index (χ0) is 22.6. The van der Waals surface area contributed by atoms with Crippen molar-refractivity contribution >= 4 is 21.6 Å². The summed E-state index contributed by atoms with van der Waals surface area (Å²) >= 11 is 0. The van der Waals surface area contributed by atoms with E-state index in [0.717, 1.165) is 16.8 Å². The van der Waals surface area contributed by atoms with Crippen LogP contribution < -0.4 is 5.32 Å². The predicted molar refractivity (Wildman–Crippen MR) is 127 cm³/mol.